The highest BCUT2D eigenvalue weighted by Gasteiger charge is 2.21. The van der Waals surface area contributed by atoms with Gasteiger partial charge in [0.2, 0.25) is 0 Å². The van der Waals surface area contributed by atoms with Gasteiger partial charge >= 0.3 is 0 Å². The standard InChI is InChI=1S/C21H25N5O2/c1-26-19-12-8-3-2-5-11-16(19)13-17(21(26)28)20(27)24-18(14-23-25-22)15-9-6-4-7-10-15/h4,6-7,9-10,13,18H,2-3,5,8,11-12,14H2,1H3,(H,24,27)/t18-/m0/s1. The monoisotopic (exact) mass is 379 g/mol. The second kappa shape index (κ2) is 9.24. The molecule has 0 fully saturated rings. The average molecular weight is 379 g/mol. The quantitative estimate of drug-likeness (QED) is 0.485. The summed E-state index contributed by atoms with van der Waals surface area (Å²) in [5.74, 6) is -0.438. The van der Waals surface area contributed by atoms with Crippen molar-refractivity contribution in [2.24, 2.45) is 12.2 Å². The topological polar surface area (TPSA) is 99.9 Å². The van der Waals surface area contributed by atoms with Gasteiger partial charge in [0.1, 0.15) is 5.56 Å². The second-order valence-corrected chi connectivity index (χ2v) is 7.16. The Morgan fingerprint density at radius 3 is 2.64 bits per heavy atom. The van der Waals surface area contributed by atoms with Crippen molar-refractivity contribution >= 4 is 5.91 Å². The van der Waals surface area contributed by atoms with E-state index in [4.69, 9.17) is 5.53 Å². The van der Waals surface area contributed by atoms with Crippen LogP contribution in [-0.2, 0) is 19.9 Å². The number of hydrogen-bond acceptors (Lipinski definition) is 3. The van der Waals surface area contributed by atoms with Gasteiger partial charge in [-0.25, -0.2) is 0 Å². The smallest absolute Gasteiger partial charge is 0.263 e. The van der Waals surface area contributed by atoms with Crippen molar-refractivity contribution < 1.29 is 4.79 Å². The molecule has 146 valence electrons. The van der Waals surface area contributed by atoms with Crippen molar-refractivity contribution in [3.8, 4) is 0 Å². The van der Waals surface area contributed by atoms with Gasteiger partial charge in [-0.15, -0.1) is 0 Å². The summed E-state index contributed by atoms with van der Waals surface area (Å²) in [5, 5.41) is 6.48. The van der Waals surface area contributed by atoms with E-state index < -0.39 is 11.9 Å². The van der Waals surface area contributed by atoms with Crippen molar-refractivity contribution in [3.63, 3.8) is 0 Å². The van der Waals surface area contributed by atoms with Crippen molar-refractivity contribution in [1.29, 1.82) is 0 Å². The van der Waals surface area contributed by atoms with Crippen LogP contribution in [0.3, 0.4) is 0 Å². The minimum Gasteiger partial charge on any atom is -0.345 e. The van der Waals surface area contributed by atoms with E-state index in [1.807, 2.05) is 30.3 Å². The van der Waals surface area contributed by atoms with E-state index in [0.29, 0.717) is 0 Å². The number of carbonyl (C=O) groups excluding carboxylic acids is 1. The molecule has 0 radical (unpaired) electrons. The largest absolute Gasteiger partial charge is 0.345 e. The van der Waals surface area contributed by atoms with Gasteiger partial charge in [0.15, 0.2) is 0 Å². The Kier molecular flexibility index (Phi) is 6.50. The van der Waals surface area contributed by atoms with E-state index >= 15 is 0 Å². The molecule has 1 aliphatic rings. The Morgan fingerprint density at radius 1 is 1.21 bits per heavy atom. The molecule has 1 atom stereocenters. The van der Waals surface area contributed by atoms with Gasteiger partial charge in [0, 0.05) is 17.7 Å². The number of nitrogens with zero attached hydrogens (tertiary/aromatic N) is 4. The highest BCUT2D eigenvalue weighted by Crippen LogP contribution is 2.20. The first-order chi connectivity index (χ1) is 13.6. The van der Waals surface area contributed by atoms with E-state index in [1.54, 1.807) is 17.7 Å². The fraction of sp³-hybridized carbons (Fsp3) is 0.429. The van der Waals surface area contributed by atoms with Crippen LogP contribution >= 0.6 is 0 Å². The van der Waals surface area contributed by atoms with Gasteiger partial charge < -0.3 is 9.88 Å². The molecule has 0 unspecified atom stereocenters. The lowest BCUT2D eigenvalue weighted by Gasteiger charge is -2.20. The van der Waals surface area contributed by atoms with Gasteiger partial charge in [-0.1, -0.05) is 48.3 Å². The Morgan fingerprint density at radius 2 is 1.93 bits per heavy atom. The molecule has 2 aromatic rings. The number of azide groups is 1. The van der Waals surface area contributed by atoms with Crippen LogP contribution < -0.4 is 10.9 Å². The lowest BCUT2D eigenvalue weighted by atomic mass is 9.95. The molecule has 1 heterocycles. The number of amides is 1. The van der Waals surface area contributed by atoms with Gasteiger partial charge in [0.05, 0.1) is 12.6 Å². The normalized spacial score (nSPS) is 14.8. The predicted molar refractivity (Wildman–Crippen MR) is 108 cm³/mol. The molecule has 7 heteroatoms. The molecule has 1 amide bonds. The highest BCUT2D eigenvalue weighted by molar-refractivity contribution is 5.94. The van der Waals surface area contributed by atoms with E-state index in [-0.39, 0.29) is 17.7 Å². The number of benzene rings is 1. The summed E-state index contributed by atoms with van der Waals surface area (Å²) < 4.78 is 1.63. The fourth-order valence-electron chi connectivity index (χ4n) is 3.78. The number of carbonyl (C=O) groups is 1. The van der Waals surface area contributed by atoms with E-state index in [1.165, 1.54) is 12.8 Å². The molecule has 1 aromatic carbocycles. The highest BCUT2D eigenvalue weighted by atomic mass is 16.2. The van der Waals surface area contributed by atoms with E-state index in [0.717, 1.165) is 42.5 Å². The summed E-state index contributed by atoms with van der Waals surface area (Å²) in [6, 6.07) is 10.6. The predicted octanol–water partition coefficient (Wildman–Crippen LogP) is 3.83. The third-order valence-corrected chi connectivity index (χ3v) is 5.32. The zero-order valence-electron chi connectivity index (χ0n) is 16.1. The third-order valence-electron chi connectivity index (χ3n) is 5.32. The number of aryl methyl sites for hydroxylation is 1. The summed E-state index contributed by atoms with van der Waals surface area (Å²) in [4.78, 5) is 28.6. The van der Waals surface area contributed by atoms with E-state index in [2.05, 4.69) is 15.3 Å². The molecule has 7 nitrogen and oxygen atoms in total. The first-order valence-corrected chi connectivity index (χ1v) is 9.70. The number of fused-ring (bicyclic) bond motifs is 1. The van der Waals surface area contributed by atoms with Crippen molar-refractivity contribution in [2.75, 3.05) is 6.54 Å². The number of nitrogens with one attached hydrogen (secondary N) is 1. The Balaban J connectivity index is 1.92. The lowest BCUT2D eigenvalue weighted by Crippen LogP contribution is -2.37. The molecular weight excluding hydrogens is 354 g/mol. The zero-order valence-corrected chi connectivity index (χ0v) is 16.1. The Bertz CT molecular complexity index is 945. The third kappa shape index (κ3) is 4.43. The maximum absolute atomic E-state index is 12.9. The first-order valence-electron chi connectivity index (χ1n) is 9.70. The van der Waals surface area contributed by atoms with Crippen LogP contribution in [0.25, 0.3) is 10.4 Å². The molecule has 1 aromatic heterocycles. The van der Waals surface area contributed by atoms with Crippen LogP contribution in [-0.4, -0.2) is 17.0 Å². The lowest BCUT2D eigenvalue weighted by molar-refractivity contribution is 0.0935. The van der Waals surface area contributed by atoms with Gasteiger partial charge in [-0.05, 0) is 48.4 Å². The molecule has 0 spiro atoms. The van der Waals surface area contributed by atoms with Crippen LogP contribution in [0, 0.1) is 0 Å². The molecule has 3 rings (SSSR count). The molecule has 0 bridgehead atoms. The maximum atomic E-state index is 12.9. The molecule has 1 aliphatic carbocycles. The minimum atomic E-state index is -0.490. The molecule has 0 saturated carbocycles. The van der Waals surface area contributed by atoms with Crippen LogP contribution in [0.15, 0.2) is 46.3 Å². The van der Waals surface area contributed by atoms with Crippen molar-refractivity contribution in [1.82, 2.24) is 9.88 Å². The van der Waals surface area contributed by atoms with Crippen LogP contribution in [0.2, 0.25) is 0 Å². The van der Waals surface area contributed by atoms with E-state index in [9.17, 15) is 9.59 Å². The van der Waals surface area contributed by atoms with Gasteiger partial charge in [-0.2, -0.15) is 0 Å². The Hall–Kier alpha value is -3.05. The SMILES string of the molecule is Cn1c2c(cc(C(=O)N[C@@H](CN=[N+]=[N-])c3ccccc3)c1=O)CCCCCC2. The molecule has 28 heavy (non-hydrogen) atoms. The minimum absolute atomic E-state index is 0.0809. The van der Waals surface area contributed by atoms with Crippen LogP contribution in [0.1, 0.15) is 58.9 Å². The fourth-order valence-corrected chi connectivity index (χ4v) is 3.78. The number of aromatic nitrogens is 1. The summed E-state index contributed by atoms with van der Waals surface area (Å²) in [5.41, 5.74) is 11.5. The maximum Gasteiger partial charge on any atom is 0.263 e. The molecule has 0 saturated heterocycles. The number of pyridine rings is 1. The average Bonchev–Trinajstić information content (AvgIpc) is 2.69. The van der Waals surface area contributed by atoms with Crippen molar-refractivity contribution in [3.05, 3.63) is 79.6 Å². The Labute approximate surface area is 164 Å². The first kappa shape index (κ1) is 19.7. The van der Waals surface area contributed by atoms with Crippen molar-refractivity contribution in [2.45, 2.75) is 44.6 Å². The number of rotatable bonds is 5. The van der Waals surface area contributed by atoms with Crippen LogP contribution in [0.4, 0.5) is 0 Å². The summed E-state index contributed by atoms with van der Waals surface area (Å²) in [6.07, 6.45) is 6.22. The summed E-state index contributed by atoms with van der Waals surface area (Å²) >= 11 is 0. The van der Waals surface area contributed by atoms with Gasteiger partial charge in [-0.3, -0.25) is 9.59 Å². The molecular formula is C21H25N5O2. The summed E-state index contributed by atoms with van der Waals surface area (Å²) in [6.45, 7) is 0.0809. The summed E-state index contributed by atoms with van der Waals surface area (Å²) in [7, 11) is 1.74. The number of hydrogen-bond donors (Lipinski definition) is 1. The zero-order chi connectivity index (χ0) is 19.9. The second-order valence-electron chi connectivity index (χ2n) is 7.16. The van der Waals surface area contributed by atoms with Crippen LogP contribution in [0.5, 0.6) is 0 Å². The molecule has 1 N–H and O–H groups in total. The van der Waals surface area contributed by atoms with Gasteiger partial charge in [0.25, 0.3) is 11.5 Å². The molecule has 0 aliphatic heterocycles.